The predicted octanol–water partition coefficient (Wildman–Crippen LogP) is 0.551. The van der Waals surface area contributed by atoms with Crippen LogP contribution in [-0.2, 0) is 4.79 Å². The van der Waals surface area contributed by atoms with Crippen LogP contribution in [0.25, 0.3) is 11.0 Å². The number of carbonyl (C=O) groups is 1. The van der Waals surface area contributed by atoms with Crippen LogP contribution in [0.4, 0.5) is 5.82 Å². The summed E-state index contributed by atoms with van der Waals surface area (Å²) in [7, 11) is 0. The molecule has 8 heteroatoms. The van der Waals surface area contributed by atoms with Gasteiger partial charge in [-0.3, -0.25) is 9.89 Å². The lowest BCUT2D eigenvalue weighted by molar-refractivity contribution is -0.150. The van der Waals surface area contributed by atoms with Gasteiger partial charge in [0.2, 0.25) is 5.91 Å². The van der Waals surface area contributed by atoms with E-state index < -0.39 is 0 Å². The van der Waals surface area contributed by atoms with E-state index in [0.29, 0.717) is 12.3 Å². The van der Waals surface area contributed by atoms with Gasteiger partial charge in [0.05, 0.1) is 24.2 Å². The zero-order valence-corrected chi connectivity index (χ0v) is 14.0. The summed E-state index contributed by atoms with van der Waals surface area (Å²) in [6, 6.07) is 0.178. The largest absolute Gasteiger partial charge is 0.394 e. The fourth-order valence-corrected chi connectivity index (χ4v) is 5.19. The smallest absolute Gasteiger partial charge is 0.223 e. The third-order valence-corrected chi connectivity index (χ3v) is 6.21. The van der Waals surface area contributed by atoms with Crippen LogP contribution >= 0.6 is 0 Å². The Hall–Kier alpha value is -2.22. The molecule has 2 aromatic rings. The Morgan fingerprint density at radius 1 is 1.28 bits per heavy atom. The maximum absolute atomic E-state index is 12.5. The quantitative estimate of drug-likeness (QED) is 0.827. The lowest BCUT2D eigenvalue weighted by Crippen LogP contribution is -2.66. The van der Waals surface area contributed by atoms with Gasteiger partial charge in [-0.15, -0.1) is 0 Å². The Labute approximate surface area is 145 Å². The Kier molecular flexibility index (Phi) is 3.41. The van der Waals surface area contributed by atoms with E-state index in [1.54, 1.807) is 12.5 Å². The van der Waals surface area contributed by atoms with Crippen molar-refractivity contribution >= 4 is 22.8 Å². The topological polar surface area (TPSA) is 98.2 Å². The van der Waals surface area contributed by atoms with Gasteiger partial charge in [0.15, 0.2) is 5.65 Å². The molecule has 2 bridgehead atoms. The van der Waals surface area contributed by atoms with E-state index in [0.717, 1.165) is 49.2 Å². The molecule has 0 aliphatic carbocycles. The molecule has 3 aliphatic heterocycles. The molecule has 132 valence electrons. The average Bonchev–Trinajstić information content (AvgIpc) is 3.11. The highest BCUT2D eigenvalue weighted by molar-refractivity contribution is 5.86. The molecule has 2 aromatic heterocycles. The maximum atomic E-state index is 12.5. The zero-order valence-electron chi connectivity index (χ0n) is 14.0. The van der Waals surface area contributed by atoms with Crippen LogP contribution < -0.4 is 4.90 Å². The summed E-state index contributed by atoms with van der Waals surface area (Å²) < 4.78 is 0. The van der Waals surface area contributed by atoms with Gasteiger partial charge in [-0.2, -0.15) is 5.10 Å². The lowest BCUT2D eigenvalue weighted by Gasteiger charge is -2.56. The number of rotatable bonds is 2. The monoisotopic (exact) mass is 342 g/mol. The summed E-state index contributed by atoms with van der Waals surface area (Å²) in [4.78, 5) is 25.6. The minimum Gasteiger partial charge on any atom is -0.394 e. The van der Waals surface area contributed by atoms with Crippen molar-refractivity contribution in [2.45, 2.75) is 37.8 Å². The number of aliphatic hydroxyl groups excluding tert-OH is 1. The Morgan fingerprint density at radius 3 is 3.04 bits per heavy atom. The van der Waals surface area contributed by atoms with Crippen molar-refractivity contribution < 1.29 is 9.90 Å². The summed E-state index contributed by atoms with van der Waals surface area (Å²) in [6.45, 7) is 1.73. The number of fused-ring (bicyclic) bond motifs is 5. The van der Waals surface area contributed by atoms with Crippen molar-refractivity contribution in [1.82, 2.24) is 25.1 Å². The van der Waals surface area contributed by atoms with E-state index in [9.17, 15) is 9.90 Å². The second kappa shape index (κ2) is 5.66. The van der Waals surface area contributed by atoms with Crippen LogP contribution in [0.2, 0.25) is 0 Å². The second-order valence-corrected chi connectivity index (χ2v) is 7.50. The number of nitrogens with zero attached hydrogens (tertiary/aromatic N) is 5. The van der Waals surface area contributed by atoms with Crippen LogP contribution in [0.5, 0.6) is 0 Å². The molecule has 1 amide bonds. The number of piperidine rings is 3. The number of aromatic amines is 1. The summed E-state index contributed by atoms with van der Waals surface area (Å²) in [5.74, 6) is 1.83. The van der Waals surface area contributed by atoms with Crippen LogP contribution in [0.1, 0.15) is 25.7 Å². The number of hydrogen-bond donors (Lipinski definition) is 2. The number of amides is 1. The van der Waals surface area contributed by atoms with Gasteiger partial charge in [0.25, 0.3) is 0 Å². The first-order valence-electron chi connectivity index (χ1n) is 9.07. The molecule has 3 aliphatic rings. The lowest BCUT2D eigenvalue weighted by atomic mass is 9.72. The van der Waals surface area contributed by atoms with Crippen LogP contribution in [0.3, 0.4) is 0 Å². The zero-order chi connectivity index (χ0) is 17.0. The van der Waals surface area contributed by atoms with Gasteiger partial charge in [-0.1, -0.05) is 0 Å². The SMILES string of the molecule is O=C1CCC[C@H]2[C@@H]3C[C@@H](CN(c4ncnc5[nH]ncc45)C3)[C@H](CO)N12. The summed E-state index contributed by atoms with van der Waals surface area (Å²) in [6.07, 6.45) is 7.04. The number of carbonyl (C=O) groups excluding carboxylic acids is 1. The molecule has 2 N–H and O–H groups in total. The molecule has 25 heavy (non-hydrogen) atoms. The van der Waals surface area contributed by atoms with Gasteiger partial charge in [-0.05, 0) is 31.1 Å². The fraction of sp³-hybridized carbons (Fsp3) is 0.647. The number of aliphatic hydroxyl groups is 1. The van der Waals surface area contributed by atoms with E-state index in [-0.39, 0.29) is 30.5 Å². The van der Waals surface area contributed by atoms with Crippen molar-refractivity contribution in [2.24, 2.45) is 11.8 Å². The molecule has 8 nitrogen and oxygen atoms in total. The number of aromatic nitrogens is 4. The van der Waals surface area contributed by atoms with Crippen molar-refractivity contribution in [3.8, 4) is 0 Å². The van der Waals surface area contributed by atoms with Gasteiger partial charge in [-0.25, -0.2) is 9.97 Å². The van der Waals surface area contributed by atoms with Crippen molar-refractivity contribution in [1.29, 1.82) is 0 Å². The molecule has 0 unspecified atom stereocenters. The molecule has 3 fully saturated rings. The first kappa shape index (κ1) is 15.1. The normalized spacial score (nSPS) is 32.1. The second-order valence-electron chi connectivity index (χ2n) is 7.50. The molecular weight excluding hydrogens is 320 g/mol. The molecule has 0 aromatic carbocycles. The highest BCUT2D eigenvalue weighted by atomic mass is 16.3. The van der Waals surface area contributed by atoms with Crippen LogP contribution in [0, 0.1) is 11.8 Å². The number of anilines is 1. The molecule has 4 atom stereocenters. The van der Waals surface area contributed by atoms with Gasteiger partial charge in [0, 0.05) is 25.6 Å². The predicted molar refractivity (Wildman–Crippen MR) is 90.9 cm³/mol. The molecule has 0 saturated carbocycles. The van der Waals surface area contributed by atoms with Crippen LogP contribution in [0.15, 0.2) is 12.5 Å². The van der Waals surface area contributed by atoms with E-state index in [4.69, 9.17) is 0 Å². The van der Waals surface area contributed by atoms with Crippen molar-refractivity contribution in [2.75, 3.05) is 24.6 Å². The average molecular weight is 342 g/mol. The molecular formula is C17H22N6O2. The summed E-state index contributed by atoms with van der Waals surface area (Å²) >= 11 is 0. The number of nitrogens with one attached hydrogen (secondary N) is 1. The standard InChI is InChI=1S/C17H22N6O2/c24-8-14-11-4-10(13-2-1-3-15(25)23(13)14)6-22(7-11)17-12-5-20-21-16(12)18-9-19-17/h5,9-11,13-14,24H,1-4,6-8H2,(H,18,19,20,21)/t10-,11+,13+,14+/m1/s1. The van der Waals surface area contributed by atoms with E-state index in [2.05, 4.69) is 25.1 Å². The van der Waals surface area contributed by atoms with Gasteiger partial charge >= 0.3 is 0 Å². The first-order chi connectivity index (χ1) is 12.3. The minimum absolute atomic E-state index is 0.0400. The minimum atomic E-state index is -0.0708. The molecule has 0 spiro atoms. The third kappa shape index (κ3) is 2.23. The van der Waals surface area contributed by atoms with Gasteiger partial charge < -0.3 is 14.9 Å². The van der Waals surface area contributed by atoms with Crippen molar-refractivity contribution in [3.05, 3.63) is 12.5 Å². The van der Waals surface area contributed by atoms with Crippen molar-refractivity contribution in [3.63, 3.8) is 0 Å². The van der Waals surface area contributed by atoms with E-state index in [1.165, 1.54) is 0 Å². The molecule has 5 heterocycles. The maximum Gasteiger partial charge on any atom is 0.223 e. The fourth-order valence-electron chi connectivity index (χ4n) is 5.19. The molecule has 3 saturated heterocycles. The van der Waals surface area contributed by atoms with Crippen LogP contribution in [-0.4, -0.2) is 67.9 Å². The Morgan fingerprint density at radius 2 is 2.16 bits per heavy atom. The highest BCUT2D eigenvalue weighted by Crippen LogP contribution is 2.42. The number of hydrogen-bond acceptors (Lipinski definition) is 6. The molecule has 5 rings (SSSR count). The van der Waals surface area contributed by atoms with E-state index >= 15 is 0 Å². The third-order valence-electron chi connectivity index (χ3n) is 6.21. The van der Waals surface area contributed by atoms with E-state index in [1.807, 2.05) is 4.90 Å². The molecule has 0 radical (unpaired) electrons. The summed E-state index contributed by atoms with van der Waals surface area (Å²) in [5.41, 5.74) is 0.744. The Bertz CT molecular complexity index is 793. The summed E-state index contributed by atoms with van der Waals surface area (Å²) in [5, 5.41) is 17.9. The van der Waals surface area contributed by atoms with Gasteiger partial charge in [0.1, 0.15) is 12.1 Å². The Balaban J connectivity index is 1.51. The highest BCUT2D eigenvalue weighted by Gasteiger charge is 2.49. The first-order valence-corrected chi connectivity index (χ1v) is 9.07. The number of H-pyrrole nitrogens is 1.